The molecule has 0 radical (unpaired) electrons. The van der Waals surface area contributed by atoms with Crippen molar-refractivity contribution in [2.45, 2.75) is 13.0 Å². The van der Waals surface area contributed by atoms with Gasteiger partial charge in [0.05, 0.1) is 31.0 Å². The second-order valence-corrected chi connectivity index (χ2v) is 7.39. The number of nitrogens with zero attached hydrogens (tertiary/aromatic N) is 1. The van der Waals surface area contributed by atoms with Crippen molar-refractivity contribution in [3.05, 3.63) is 89.5 Å². The van der Waals surface area contributed by atoms with Crippen LogP contribution in [-0.2, 0) is 9.59 Å². The number of aliphatic hydroxyl groups excluding tert-OH is 1. The predicted octanol–water partition coefficient (Wildman–Crippen LogP) is 4.43. The van der Waals surface area contributed by atoms with Gasteiger partial charge in [0.15, 0.2) is 0 Å². The number of phenols is 1. The highest BCUT2D eigenvalue weighted by atomic mass is 16.5. The lowest BCUT2D eigenvalue weighted by Gasteiger charge is -2.26. The van der Waals surface area contributed by atoms with Crippen LogP contribution in [-0.4, -0.2) is 35.6 Å². The molecular formula is C26H23NO6. The van der Waals surface area contributed by atoms with E-state index in [-0.39, 0.29) is 22.8 Å². The van der Waals surface area contributed by atoms with Crippen LogP contribution in [0.25, 0.3) is 5.76 Å². The third kappa shape index (κ3) is 4.01. The normalized spacial score (nSPS) is 17.3. The fourth-order valence-corrected chi connectivity index (χ4v) is 3.88. The molecular weight excluding hydrogens is 422 g/mol. The van der Waals surface area contributed by atoms with Crippen molar-refractivity contribution >= 4 is 23.1 Å². The smallest absolute Gasteiger partial charge is 0.300 e. The highest BCUT2D eigenvalue weighted by Gasteiger charge is 2.47. The number of aliphatic hydroxyl groups is 1. The maximum absolute atomic E-state index is 13.2. The van der Waals surface area contributed by atoms with Crippen molar-refractivity contribution in [2.24, 2.45) is 0 Å². The van der Waals surface area contributed by atoms with Gasteiger partial charge < -0.3 is 19.7 Å². The van der Waals surface area contributed by atoms with E-state index in [0.717, 1.165) is 0 Å². The summed E-state index contributed by atoms with van der Waals surface area (Å²) in [7, 11) is 1.54. The van der Waals surface area contributed by atoms with Crippen molar-refractivity contribution < 1.29 is 29.3 Å². The lowest BCUT2D eigenvalue weighted by Crippen LogP contribution is -2.29. The number of phenolic OH excluding ortho intramolecular Hbond substituents is 1. The van der Waals surface area contributed by atoms with Crippen LogP contribution < -0.4 is 14.4 Å². The summed E-state index contributed by atoms with van der Waals surface area (Å²) in [4.78, 5) is 27.5. The van der Waals surface area contributed by atoms with Crippen molar-refractivity contribution in [1.82, 2.24) is 0 Å². The molecule has 7 heteroatoms. The van der Waals surface area contributed by atoms with Gasteiger partial charge >= 0.3 is 0 Å². The Morgan fingerprint density at radius 3 is 2.18 bits per heavy atom. The van der Waals surface area contributed by atoms with Gasteiger partial charge in [-0.05, 0) is 61.0 Å². The number of hydrogen-bond acceptors (Lipinski definition) is 6. The Labute approximate surface area is 191 Å². The Bertz CT molecular complexity index is 1210. The molecule has 0 saturated carbocycles. The fourth-order valence-electron chi connectivity index (χ4n) is 3.88. The van der Waals surface area contributed by atoms with Crippen LogP contribution in [0.15, 0.2) is 78.4 Å². The van der Waals surface area contributed by atoms with Crippen LogP contribution in [0.2, 0.25) is 0 Å². The molecule has 0 bridgehead atoms. The Morgan fingerprint density at radius 1 is 0.939 bits per heavy atom. The van der Waals surface area contributed by atoms with Crippen LogP contribution in [0.1, 0.15) is 24.1 Å². The summed E-state index contributed by atoms with van der Waals surface area (Å²) in [6.45, 7) is 2.36. The molecule has 3 aromatic carbocycles. The molecule has 33 heavy (non-hydrogen) atoms. The van der Waals surface area contributed by atoms with E-state index in [2.05, 4.69) is 0 Å². The van der Waals surface area contributed by atoms with Crippen LogP contribution in [0, 0.1) is 0 Å². The Kier molecular flexibility index (Phi) is 6.04. The quantitative estimate of drug-likeness (QED) is 0.331. The van der Waals surface area contributed by atoms with E-state index in [0.29, 0.717) is 29.2 Å². The third-order valence-corrected chi connectivity index (χ3v) is 5.46. The van der Waals surface area contributed by atoms with Gasteiger partial charge in [-0.15, -0.1) is 0 Å². The second-order valence-electron chi connectivity index (χ2n) is 7.39. The first-order valence-corrected chi connectivity index (χ1v) is 10.4. The second kappa shape index (κ2) is 9.08. The van der Waals surface area contributed by atoms with Crippen molar-refractivity contribution in [3.8, 4) is 17.2 Å². The molecule has 1 aliphatic rings. The average Bonchev–Trinajstić information content (AvgIpc) is 3.10. The molecule has 1 atom stereocenters. The molecule has 0 aromatic heterocycles. The van der Waals surface area contributed by atoms with E-state index in [9.17, 15) is 19.8 Å². The van der Waals surface area contributed by atoms with Gasteiger partial charge in [0.25, 0.3) is 11.7 Å². The molecule has 168 valence electrons. The number of carbonyl (C=O) groups excluding carboxylic acids is 2. The fraction of sp³-hybridized carbons (Fsp3) is 0.154. The summed E-state index contributed by atoms with van der Waals surface area (Å²) in [6.07, 6.45) is 0. The number of ketones is 1. The van der Waals surface area contributed by atoms with Crippen molar-refractivity contribution in [2.75, 3.05) is 18.6 Å². The number of para-hydroxylation sites is 2. The summed E-state index contributed by atoms with van der Waals surface area (Å²) in [6, 6.07) is 18.8. The number of aromatic hydroxyl groups is 1. The highest BCUT2D eigenvalue weighted by molar-refractivity contribution is 6.51. The molecule has 4 rings (SSSR count). The SMILES string of the molecule is CCOc1ccc(/C(O)=C2\C(=O)C(=O)N(c3ccccc3O)C2c2ccc(OC)cc2)cc1. The standard InChI is InChI=1S/C26H23NO6/c1-3-33-19-14-10-17(11-15-19)24(29)22-23(16-8-12-18(32-2)13-9-16)27(26(31)25(22)30)20-6-4-5-7-21(20)28/h4-15,23,28-29H,3H2,1-2H3/b24-22+. The van der Waals surface area contributed by atoms with E-state index in [1.54, 1.807) is 66.7 Å². The van der Waals surface area contributed by atoms with Gasteiger partial charge in [0.2, 0.25) is 0 Å². The molecule has 1 saturated heterocycles. The van der Waals surface area contributed by atoms with Gasteiger partial charge in [-0.1, -0.05) is 24.3 Å². The van der Waals surface area contributed by atoms with E-state index in [4.69, 9.17) is 9.47 Å². The molecule has 2 N–H and O–H groups in total. The molecule has 3 aromatic rings. The lowest BCUT2D eigenvalue weighted by atomic mass is 9.95. The zero-order valence-corrected chi connectivity index (χ0v) is 18.2. The minimum atomic E-state index is -0.948. The number of benzene rings is 3. The first-order chi connectivity index (χ1) is 16.0. The predicted molar refractivity (Wildman–Crippen MR) is 123 cm³/mol. The van der Waals surface area contributed by atoms with Crippen LogP contribution >= 0.6 is 0 Å². The molecule has 0 spiro atoms. The zero-order valence-electron chi connectivity index (χ0n) is 18.2. The summed E-state index contributed by atoms with van der Waals surface area (Å²) in [5, 5.41) is 21.6. The summed E-state index contributed by atoms with van der Waals surface area (Å²) in [5.74, 6) is -0.926. The number of anilines is 1. The number of carbonyl (C=O) groups is 2. The van der Waals surface area contributed by atoms with E-state index >= 15 is 0 Å². The topological polar surface area (TPSA) is 96.3 Å². The van der Waals surface area contributed by atoms with Gasteiger partial charge in [-0.3, -0.25) is 14.5 Å². The molecule has 1 aliphatic heterocycles. The minimum absolute atomic E-state index is 0.0717. The lowest BCUT2D eigenvalue weighted by molar-refractivity contribution is -0.132. The summed E-state index contributed by atoms with van der Waals surface area (Å²) in [5.41, 5.74) is 1.04. The number of Topliss-reactive ketones (excluding diaryl/α,β-unsaturated/α-hetero) is 1. The number of ether oxygens (including phenoxy) is 2. The first-order valence-electron chi connectivity index (χ1n) is 10.4. The minimum Gasteiger partial charge on any atom is -0.507 e. The van der Waals surface area contributed by atoms with Gasteiger partial charge in [-0.2, -0.15) is 0 Å². The largest absolute Gasteiger partial charge is 0.507 e. The number of methoxy groups -OCH3 is 1. The van der Waals surface area contributed by atoms with E-state index < -0.39 is 17.7 Å². The monoisotopic (exact) mass is 445 g/mol. The number of rotatable bonds is 6. The van der Waals surface area contributed by atoms with E-state index in [1.807, 2.05) is 6.92 Å². The number of amides is 1. The number of hydrogen-bond donors (Lipinski definition) is 2. The van der Waals surface area contributed by atoms with Gasteiger partial charge in [-0.25, -0.2) is 0 Å². The molecule has 0 aliphatic carbocycles. The molecule has 7 nitrogen and oxygen atoms in total. The molecule has 1 amide bonds. The molecule has 1 fully saturated rings. The zero-order chi connectivity index (χ0) is 23.5. The first kappa shape index (κ1) is 22.0. The van der Waals surface area contributed by atoms with Crippen molar-refractivity contribution in [3.63, 3.8) is 0 Å². The summed E-state index contributed by atoms with van der Waals surface area (Å²) >= 11 is 0. The Balaban J connectivity index is 1.89. The Hall–Kier alpha value is -4.26. The highest BCUT2D eigenvalue weighted by Crippen LogP contribution is 2.44. The van der Waals surface area contributed by atoms with Crippen LogP contribution in [0.5, 0.6) is 17.2 Å². The van der Waals surface area contributed by atoms with Gasteiger partial charge in [0, 0.05) is 5.56 Å². The summed E-state index contributed by atoms with van der Waals surface area (Å²) < 4.78 is 10.7. The van der Waals surface area contributed by atoms with E-state index in [1.165, 1.54) is 18.1 Å². The van der Waals surface area contributed by atoms with Crippen LogP contribution in [0.3, 0.4) is 0 Å². The molecule has 1 unspecified atom stereocenters. The van der Waals surface area contributed by atoms with Crippen molar-refractivity contribution in [1.29, 1.82) is 0 Å². The maximum Gasteiger partial charge on any atom is 0.300 e. The average molecular weight is 445 g/mol. The van der Waals surface area contributed by atoms with Gasteiger partial charge in [0.1, 0.15) is 23.0 Å². The van der Waals surface area contributed by atoms with Crippen LogP contribution in [0.4, 0.5) is 5.69 Å². The Morgan fingerprint density at radius 2 is 1.58 bits per heavy atom. The maximum atomic E-state index is 13.2. The third-order valence-electron chi connectivity index (χ3n) is 5.46. The molecule has 1 heterocycles.